The lowest BCUT2D eigenvalue weighted by atomic mass is 9.65. The molecule has 58 heavy (non-hydrogen) atoms. The van der Waals surface area contributed by atoms with Crippen molar-refractivity contribution in [2.45, 2.75) is 5.41 Å². The summed E-state index contributed by atoms with van der Waals surface area (Å²) < 4.78 is 2.40. The fraction of sp³-hybridized carbons (Fsp3) is 0.0185. The van der Waals surface area contributed by atoms with Crippen LogP contribution in [0.15, 0.2) is 206 Å². The van der Waals surface area contributed by atoms with Crippen LogP contribution in [0.1, 0.15) is 22.3 Å². The average molecular weight is 739 g/mol. The molecule has 0 atom stereocenters. The molecule has 0 bridgehead atoms. The standard InChI is InChI=1S/C54H34N4/c1-3-16-35(17-4-1)48-34-49(56-52(55-48)36-18-5-2-6-19-36)39-22-13-20-37(32-39)38-21-14-23-40(33-38)53-57-47-30-15-29-46-51(47)58(53)50-31-12-11-28-45(50)54(46)43-26-9-7-24-41(43)42-25-8-10-27-44(42)54/h1-34H. The first-order valence-electron chi connectivity index (χ1n) is 19.8. The van der Waals surface area contributed by atoms with Crippen molar-refractivity contribution in [3.63, 3.8) is 0 Å². The van der Waals surface area contributed by atoms with E-state index in [9.17, 15) is 0 Å². The third kappa shape index (κ3) is 4.72. The topological polar surface area (TPSA) is 43.6 Å². The minimum atomic E-state index is -0.458. The van der Waals surface area contributed by atoms with Gasteiger partial charge in [0.25, 0.3) is 0 Å². The Morgan fingerprint density at radius 1 is 0.345 bits per heavy atom. The van der Waals surface area contributed by atoms with Crippen molar-refractivity contribution in [3.05, 3.63) is 229 Å². The zero-order chi connectivity index (χ0) is 38.2. The maximum absolute atomic E-state index is 5.44. The van der Waals surface area contributed by atoms with E-state index in [1.54, 1.807) is 0 Å². The number of rotatable bonds is 5. The highest BCUT2D eigenvalue weighted by Crippen LogP contribution is 2.60. The molecular weight excluding hydrogens is 705 g/mol. The Hall–Kier alpha value is -7.69. The summed E-state index contributed by atoms with van der Waals surface area (Å²) in [5, 5.41) is 0. The molecule has 0 radical (unpaired) electrons. The zero-order valence-electron chi connectivity index (χ0n) is 31.4. The highest BCUT2D eigenvalue weighted by atomic mass is 15.1. The van der Waals surface area contributed by atoms with Crippen LogP contribution in [0, 0.1) is 0 Å². The Morgan fingerprint density at radius 3 is 1.55 bits per heavy atom. The van der Waals surface area contributed by atoms with Crippen LogP contribution in [-0.2, 0) is 5.41 Å². The molecular formula is C54H34N4. The van der Waals surface area contributed by atoms with Gasteiger partial charge in [-0.1, -0.05) is 176 Å². The largest absolute Gasteiger partial charge is 0.292 e. The minimum absolute atomic E-state index is 0.458. The molecule has 2 aromatic heterocycles. The van der Waals surface area contributed by atoms with Crippen LogP contribution in [0.3, 0.4) is 0 Å². The Labute approximate surface area is 336 Å². The van der Waals surface area contributed by atoms with Gasteiger partial charge in [0.1, 0.15) is 5.82 Å². The predicted molar refractivity (Wildman–Crippen MR) is 235 cm³/mol. The maximum Gasteiger partial charge on any atom is 0.160 e. The fourth-order valence-corrected chi connectivity index (χ4v) is 9.57. The van der Waals surface area contributed by atoms with E-state index in [0.717, 1.165) is 67.3 Å². The molecule has 0 fully saturated rings. The van der Waals surface area contributed by atoms with Gasteiger partial charge in [-0.2, -0.15) is 0 Å². The van der Waals surface area contributed by atoms with Gasteiger partial charge in [0.15, 0.2) is 5.82 Å². The Balaban J connectivity index is 1.01. The lowest BCUT2D eigenvalue weighted by Gasteiger charge is -2.39. The predicted octanol–water partition coefficient (Wildman–Crippen LogP) is 12.8. The van der Waals surface area contributed by atoms with Crippen molar-refractivity contribution in [1.29, 1.82) is 0 Å². The number of imidazole rings is 1. The number of hydrogen-bond acceptors (Lipinski definition) is 3. The van der Waals surface area contributed by atoms with E-state index >= 15 is 0 Å². The summed E-state index contributed by atoms with van der Waals surface area (Å²) in [5.74, 6) is 1.63. The first kappa shape index (κ1) is 32.5. The molecule has 0 N–H and O–H groups in total. The highest BCUT2D eigenvalue weighted by Gasteiger charge is 2.50. The van der Waals surface area contributed by atoms with Crippen LogP contribution < -0.4 is 0 Å². The molecule has 1 aliphatic carbocycles. The van der Waals surface area contributed by atoms with Gasteiger partial charge in [0.2, 0.25) is 0 Å². The van der Waals surface area contributed by atoms with Crippen LogP contribution in [0.4, 0.5) is 0 Å². The van der Waals surface area contributed by atoms with Crippen LogP contribution in [0.25, 0.3) is 84.3 Å². The molecule has 0 unspecified atom stereocenters. The number of aromatic nitrogens is 4. The molecule has 1 spiro atoms. The van der Waals surface area contributed by atoms with Crippen molar-refractivity contribution >= 4 is 11.0 Å². The van der Waals surface area contributed by atoms with Crippen LogP contribution >= 0.6 is 0 Å². The first-order chi connectivity index (χ1) is 28.8. The number of fused-ring (bicyclic) bond motifs is 9. The minimum Gasteiger partial charge on any atom is -0.292 e. The lowest BCUT2D eigenvalue weighted by molar-refractivity contribution is 0.746. The number of hydrogen-bond donors (Lipinski definition) is 0. The Bertz CT molecular complexity index is 3130. The van der Waals surface area contributed by atoms with Crippen molar-refractivity contribution in [1.82, 2.24) is 19.5 Å². The molecule has 1 aliphatic heterocycles. The second kappa shape index (κ2) is 12.7. The Kier molecular flexibility index (Phi) is 7.11. The summed E-state index contributed by atoms with van der Waals surface area (Å²) in [7, 11) is 0. The van der Waals surface area contributed by atoms with Gasteiger partial charge < -0.3 is 0 Å². The van der Waals surface area contributed by atoms with Gasteiger partial charge >= 0.3 is 0 Å². The molecule has 0 amide bonds. The second-order valence-electron chi connectivity index (χ2n) is 15.2. The lowest BCUT2D eigenvalue weighted by Crippen LogP contribution is -2.33. The summed E-state index contributed by atoms with van der Waals surface area (Å²) in [6, 6.07) is 73.6. The molecule has 270 valence electrons. The van der Waals surface area contributed by atoms with E-state index in [2.05, 4.69) is 174 Å². The number of benzene rings is 8. The summed E-state index contributed by atoms with van der Waals surface area (Å²) in [6.07, 6.45) is 0. The summed E-state index contributed by atoms with van der Waals surface area (Å²) in [5.41, 5.74) is 18.7. The summed E-state index contributed by atoms with van der Waals surface area (Å²) >= 11 is 0. The summed E-state index contributed by atoms with van der Waals surface area (Å²) in [6.45, 7) is 0. The van der Waals surface area contributed by atoms with E-state index in [1.807, 2.05) is 36.4 Å². The third-order valence-corrected chi connectivity index (χ3v) is 12.0. The zero-order valence-corrected chi connectivity index (χ0v) is 31.4. The van der Waals surface area contributed by atoms with E-state index in [-0.39, 0.29) is 0 Å². The van der Waals surface area contributed by atoms with E-state index in [1.165, 1.54) is 33.4 Å². The monoisotopic (exact) mass is 738 g/mol. The molecule has 10 aromatic rings. The third-order valence-electron chi connectivity index (χ3n) is 12.0. The quantitative estimate of drug-likeness (QED) is 0.177. The van der Waals surface area contributed by atoms with Gasteiger partial charge in [-0.25, -0.2) is 15.0 Å². The molecule has 4 nitrogen and oxygen atoms in total. The van der Waals surface area contributed by atoms with Crippen molar-refractivity contribution in [2.75, 3.05) is 0 Å². The van der Waals surface area contributed by atoms with Crippen LogP contribution in [0.5, 0.6) is 0 Å². The van der Waals surface area contributed by atoms with Crippen molar-refractivity contribution in [3.8, 4) is 73.2 Å². The van der Waals surface area contributed by atoms with E-state index in [0.29, 0.717) is 5.82 Å². The molecule has 3 heterocycles. The van der Waals surface area contributed by atoms with Gasteiger partial charge in [0.05, 0.1) is 33.5 Å². The van der Waals surface area contributed by atoms with Gasteiger partial charge in [-0.15, -0.1) is 0 Å². The maximum atomic E-state index is 5.44. The normalized spacial score (nSPS) is 13.0. The van der Waals surface area contributed by atoms with Crippen LogP contribution in [0.2, 0.25) is 0 Å². The molecule has 0 saturated carbocycles. The highest BCUT2D eigenvalue weighted by molar-refractivity contribution is 5.97. The molecule has 8 aromatic carbocycles. The molecule has 4 heteroatoms. The van der Waals surface area contributed by atoms with Crippen molar-refractivity contribution in [2.24, 2.45) is 0 Å². The molecule has 12 rings (SSSR count). The first-order valence-corrected chi connectivity index (χ1v) is 19.8. The fourth-order valence-electron chi connectivity index (χ4n) is 9.57. The van der Waals surface area contributed by atoms with E-state index < -0.39 is 5.41 Å². The van der Waals surface area contributed by atoms with Crippen LogP contribution in [-0.4, -0.2) is 19.5 Å². The number of para-hydroxylation sites is 2. The Morgan fingerprint density at radius 2 is 0.845 bits per heavy atom. The van der Waals surface area contributed by atoms with E-state index in [4.69, 9.17) is 15.0 Å². The smallest absolute Gasteiger partial charge is 0.160 e. The molecule has 0 saturated heterocycles. The SMILES string of the molecule is c1ccc(-c2cc(-c3cccc(-c4cccc(-c5nc6cccc7c6n5-c5ccccc5C75c6ccccc6-c6ccccc65)c4)c3)nc(-c3ccccc3)n2)cc1. The average Bonchev–Trinajstić information content (AvgIpc) is 3.84. The van der Waals surface area contributed by atoms with Crippen molar-refractivity contribution < 1.29 is 0 Å². The second-order valence-corrected chi connectivity index (χ2v) is 15.2. The summed E-state index contributed by atoms with van der Waals surface area (Å²) in [4.78, 5) is 15.6. The van der Waals surface area contributed by atoms with Gasteiger partial charge in [-0.05, 0) is 74.8 Å². The molecule has 2 aliphatic rings. The number of nitrogens with zero attached hydrogens (tertiary/aromatic N) is 4. The van der Waals surface area contributed by atoms with Gasteiger partial charge in [0, 0.05) is 22.3 Å². The van der Waals surface area contributed by atoms with Gasteiger partial charge in [-0.3, -0.25) is 4.57 Å².